The van der Waals surface area contributed by atoms with Crippen molar-refractivity contribution in [2.45, 2.75) is 39.8 Å². The fourth-order valence-corrected chi connectivity index (χ4v) is 3.81. The third-order valence-electron chi connectivity index (χ3n) is 5.22. The van der Waals surface area contributed by atoms with Crippen LogP contribution in [0.25, 0.3) is 0 Å². The van der Waals surface area contributed by atoms with Crippen LogP contribution in [0.4, 0.5) is 17.2 Å². The average molecular weight is 470 g/mol. The second kappa shape index (κ2) is 10.9. The number of nitrogen functional groups attached to an aromatic ring is 1. The molecule has 8 nitrogen and oxygen atoms in total. The minimum absolute atomic E-state index is 0.0364. The Kier molecular flexibility index (Phi) is 7.95. The highest BCUT2D eigenvalue weighted by Gasteiger charge is 2.22. The monoisotopic (exact) mass is 469 g/mol. The van der Waals surface area contributed by atoms with Crippen LogP contribution in [0.15, 0.2) is 58.1 Å². The van der Waals surface area contributed by atoms with E-state index in [0.29, 0.717) is 17.3 Å². The molecule has 0 bridgehead atoms. The van der Waals surface area contributed by atoms with Gasteiger partial charge in [0.2, 0.25) is 5.91 Å². The molecule has 0 spiro atoms. The standard InChI is InChI=1S/C24H28ClN5O3/c1-3-4-12-30-22(26)21(23(32)28-24(30)33)29(14-17-8-6-5-7-9-17)15-20(31)27-19-11-10-16(2)13-18(19)25/h5-11,13H,3-4,12,14-15,26H2,1-2H3,(H,27,31)(H,28,32,33). The second-order valence-corrected chi connectivity index (χ2v) is 8.28. The maximum atomic E-state index is 12.9. The molecule has 4 N–H and O–H groups in total. The molecule has 0 aliphatic carbocycles. The van der Waals surface area contributed by atoms with Crippen LogP contribution < -0.4 is 27.2 Å². The van der Waals surface area contributed by atoms with Gasteiger partial charge in [0.1, 0.15) is 11.5 Å². The van der Waals surface area contributed by atoms with Crippen LogP contribution >= 0.6 is 11.6 Å². The number of rotatable bonds is 9. The fourth-order valence-electron chi connectivity index (χ4n) is 3.52. The summed E-state index contributed by atoms with van der Waals surface area (Å²) < 4.78 is 1.34. The predicted molar refractivity (Wildman–Crippen MR) is 133 cm³/mol. The van der Waals surface area contributed by atoms with Gasteiger partial charge in [-0.2, -0.15) is 0 Å². The van der Waals surface area contributed by atoms with Gasteiger partial charge in [-0.05, 0) is 36.6 Å². The summed E-state index contributed by atoms with van der Waals surface area (Å²) in [5.74, 6) is -0.337. The van der Waals surface area contributed by atoms with Crippen molar-refractivity contribution >= 4 is 34.7 Å². The van der Waals surface area contributed by atoms with Gasteiger partial charge in [0, 0.05) is 13.1 Å². The normalized spacial score (nSPS) is 10.8. The van der Waals surface area contributed by atoms with E-state index in [-0.39, 0.29) is 30.5 Å². The number of anilines is 3. The number of hydrogen-bond acceptors (Lipinski definition) is 5. The average Bonchev–Trinajstić information content (AvgIpc) is 2.76. The first-order valence-electron chi connectivity index (χ1n) is 10.8. The van der Waals surface area contributed by atoms with E-state index in [2.05, 4.69) is 10.3 Å². The number of carbonyl (C=O) groups is 1. The summed E-state index contributed by atoms with van der Waals surface area (Å²) in [7, 11) is 0. The molecule has 3 rings (SSSR count). The van der Waals surface area contributed by atoms with Crippen LogP contribution in [0.1, 0.15) is 30.9 Å². The van der Waals surface area contributed by atoms with Crippen molar-refractivity contribution < 1.29 is 4.79 Å². The van der Waals surface area contributed by atoms with Crippen LogP contribution in [0, 0.1) is 6.92 Å². The van der Waals surface area contributed by atoms with E-state index < -0.39 is 11.2 Å². The Morgan fingerprint density at radius 3 is 2.58 bits per heavy atom. The lowest BCUT2D eigenvalue weighted by Gasteiger charge is -2.26. The van der Waals surface area contributed by atoms with Crippen molar-refractivity contribution in [1.29, 1.82) is 0 Å². The summed E-state index contributed by atoms with van der Waals surface area (Å²) in [5, 5.41) is 3.21. The summed E-state index contributed by atoms with van der Waals surface area (Å²) in [6.07, 6.45) is 1.58. The number of H-pyrrole nitrogens is 1. The molecular weight excluding hydrogens is 442 g/mol. The Bertz CT molecular complexity index is 1240. The van der Waals surface area contributed by atoms with Gasteiger partial charge in [-0.25, -0.2) is 4.79 Å². The minimum atomic E-state index is -0.637. The summed E-state index contributed by atoms with van der Waals surface area (Å²) in [6, 6.07) is 14.7. The minimum Gasteiger partial charge on any atom is -0.383 e. The molecule has 33 heavy (non-hydrogen) atoms. The second-order valence-electron chi connectivity index (χ2n) is 7.87. The smallest absolute Gasteiger partial charge is 0.330 e. The van der Waals surface area contributed by atoms with Crippen LogP contribution in [0.2, 0.25) is 5.02 Å². The Hall–Kier alpha value is -3.52. The number of amides is 1. The summed E-state index contributed by atoms with van der Waals surface area (Å²) in [5.41, 5.74) is 7.50. The Labute approximate surface area is 197 Å². The van der Waals surface area contributed by atoms with E-state index in [1.807, 2.05) is 50.2 Å². The van der Waals surface area contributed by atoms with Gasteiger partial charge in [0.05, 0.1) is 17.3 Å². The van der Waals surface area contributed by atoms with Crippen molar-refractivity contribution in [2.75, 3.05) is 22.5 Å². The molecule has 0 aliphatic heterocycles. The number of aromatic amines is 1. The van der Waals surface area contributed by atoms with Crippen molar-refractivity contribution in [3.8, 4) is 0 Å². The first-order valence-corrected chi connectivity index (χ1v) is 11.2. The number of aromatic nitrogens is 2. The quantitative estimate of drug-likeness (QED) is 0.443. The van der Waals surface area contributed by atoms with E-state index in [1.54, 1.807) is 17.0 Å². The SMILES string of the molecule is CCCCn1c(N)c(N(CC(=O)Nc2ccc(C)cc2Cl)Cc2ccccc2)c(=O)[nH]c1=O. The molecule has 0 saturated carbocycles. The summed E-state index contributed by atoms with van der Waals surface area (Å²) in [4.78, 5) is 42.0. The molecule has 0 saturated heterocycles. The number of nitrogens with one attached hydrogen (secondary N) is 2. The molecule has 0 radical (unpaired) electrons. The highest BCUT2D eigenvalue weighted by Crippen LogP contribution is 2.24. The lowest BCUT2D eigenvalue weighted by Crippen LogP contribution is -2.41. The van der Waals surface area contributed by atoms with Gasteiger partial charge >= 0.3 is 5.69 Å². The van der Waals surface area contributed by atoms with E-state index in [4.69, 9.17) is 17.3 Å². The molecule has 0 aliphatic rings. The molecule has 1 amide bonds. The van der Waals surface area contributed by atoms with Crippen LogP contribution in [0.5, 0.6) is 0 Å². The van der Waals surface area contributed by atoms with Gasteiger partial charge in [0.25, 0.3) is 5.56 Å². The van der Waals surface area contributed by atoms with Crippen molar-refractivity contribution in [3.05, 3.63) is 85.5 Å². The third-order valence-corrected chi connectivity index (χ3v) is 5.53. The van der Waals surface area contributed by atoms with Gasteiger partial charge in [0.15, 0.2) is 0 Å². The van der Waals surface area contributed by atoms with Crippen molar-refractivity contribution in [3.63, 3.8) is 0 Å². The molecule has 174 valence electrons. The number of halogens is 1. The maximum absolute atomic E-state index is 12.9. The highest BCUT2D eigenvalue weighted by molar-refractivity contribution is 6.33. The number of unbranched alkanes of at least 4 members (excludes halogenated alkanes) is 1. The number of benzene rings is 2. The number of aryl methyl sites for hydroxylation is 1. The maximum Gasteiger partial charge on any atom is 0.330 e. The Morgan fingerprint density at radius 1 is 1.18 bits per heavy atom. The molecule has 3 aromatic rings. The van der Waals surface area contributed by atoms with Crippen molar-refractivity contribution in [1.82, 2.24) is 9.55 Å². The molecule has 0 fully saturated rings. The topological polar surface area (TPSA) is 113 Å². The van der Waals surface area contributed by atoms with E-state index >= 15 is 0 Å². The number of carbonyl (C=O) groups excluding carboxylic acids is 1. The van der Waals surface area contributed by atoms with E-state index in [1.165, 1.54) is 4.57 Å². The van der Waals surface area contributed by atoms with Crippen LogP contribution in [0.3, 0.4) is 0 Å². The zero-order valence-electron chi connectivity index (χ0n) is 18.7. The molecule has 1 heterocycles. The molecule has 0 unspecified atom stereocenters. The van der Waals surface area contributed by atoms with Gasteiger partial charge < -0.3 is 16.0 Å². The third kappa shape index (κ3) is 6.04. The predicted octanol–water partition coefficient (Wildman–Crippen LogP) is 3.53. The van der Waals surface area contributed by atoms with Crippen molar-refractivity contribution in [2.24, 2.45) is 0 Å². The lowest BCUT2D eigenvalue weighted by molar-refractivity contribution is -0.115. The zero-order valence-corrected chi connectivity index (χ0v) is 19.5. The molecule has 1 aromatic heterocycles. The largest absolute Gasteiger partial charge is 0.383 e. The molecule has 0 atom stereocenters. The number of nitrogens with two attached hydrogens (primary N) is 1. The first-order chi connectivity index (χ1) is 15.8. The van der Waals surface area contributed by atoms with E-state index in [0.717, 1.165) is 24.0 Å². The number of hydrogen-bond donors (Lipinski definition) is 3. The first kappa shape index (κ1) is 24.1. The summed E-state index contributed by atoms with van der Waals surface area (Å²) in [6.45, 7) is 4.35. The lowest BCUT2D eigenvalue weighted by atomic mass is 10.2. The molecular formula is C24H28ClN5O3. The Balaban J connectivity index is 1.97. The molecule has 9 heteroatoms. The number of nitrogens with zero attached hydrogens (tertiary/aromatic N) is 2. The molecule has 2 aromatic carbocycles. The van der Waals surface area contributed by atoms with E-state index in [9.17, 15) is 14.4 Å². The van der Waals surface area contributed by atoms with Crippen LogP contribution in [-0.4, -0.2) is 22.0 Å². The highest BCUT2D eigenvalue weighted by atomic mass is 35.5. The Morgan fingerprint density at radius 2 is 1.91 bits per heavy atom. The van der Waals surface area contributed by atoms with Crippen LogP contribution in [-0.2, 0) is 17.9 Å². The zero-order chi connectivity index (χ0) is 24.0. The summed E-state index contributed by atoms with van der Waals surface area (Å²) >= 11 is 6.25. The fraction of sp³-hybridized carbons (Fsp3) is 0.292. The van der Waals surface area contributed by atoms with Gasteiger partial charge in [-0.1, -0.05) is 61.3 Å². The van der Waals surface area contributed by atoms with Gasteiger partial charge in [-0.3, -0.25) is 19.1 Å². The van der Waals surface area contributed by atoms with Gasteiger partial charge in [-0.15, -0.1) is 0 Å².